The summed E-state index contributed by atoms with van der Waals surface area (Å²) in [7, 11) is 1.50. The predicted molar refractivity (Wildman–Crippen MR) is 105 cm³/mol. The zero-order valence-electron chi connectivity index (χ0n) is 17.9. The van der Waals surface area contributed by atoms with E-state index < -0.39 is 35.0 Å². The molecule has 1 fully saturated rings. The van der Waals surface area contributed by atoms with Crippen LogP contribution in [-0.4, -0.2) is 49.4 Å². The van der Waals surface area contributed by atoms with Crippen LogP contribution in [0.4, 0.5) is 0 Å². The molecular formula is C23H24O8. The molecule has 31 heavy (non-hydrogen) atoms. The van der Waals surface area contributed by atoms with Gasteiger partial charge in [-0.15, -0.1) is 0 Å². The molecule has 1 aliphatic heterocycles. The molecule has 2 heterocycles. The van der Waals surface area contributed by atoms with E-state index in [1.807, 2.05) is 13.8 Å². The van der Waals surface area contributed by atoms with Crippen molar-refractivity contribution >= 4 is 23.5 Å². The molecule has 5 atom stereocenters. The van der Waals surface area contributed by atoms with Crippen LogP contribution in [0.25, 0.3) is 0 Å². The minimum absolute atomic E-state index is 0.0635. The Morgan fingerprint density at radius 3 is 2.68 bits per heavy atom. The molecule has 4 aliphatic rings. The maximum absolute atomic E-state index is 13.7. The van der Waals surface area contributed by atoms with Gasteiger partial charge in [0.15, 0.2) is 5.76 Å². The number of methoxy groups -OCH3 is 1. The lowest BCUT2D eigenvalue weighted by Crippen LogP contribution is -2.57. The molecule has 3 aliphatic carbocycles. The Hall–Kier alpha value is -2.74. The topological polar surface area (TPSA) is 109 Å². The lowest BCUT2D eigenvalue weighted by Gasteiger charge is -2.51. The van der Waals surface area contributed by atoms with E-state index in [1.54, 1.807) is 0 Å². The molecule has 0 unspecified atom stereocenters. The molecule has 1 aromatic heterocycles. The third-order valence-electron chi connectivity index (χ3n) is 7.70. The molecule has 1 saturated carbocycles. The smallest absolute Gasteiger partial charge is 0.342 e. The van der Waals surface area contributed by atoms with Gasteiger partial charge in [0.1, 0.15) is 29.8 Å². The van der Waals surface area contributed by atoms with Crippen molar-refractivity contribution in [3.05, 3.63) is 34.3 Å². The quantitative estimate of drug-likeness (QED) is 0.676. The Balaban J connectivity index is 1.82. The van der Waals surface area contributed by atoms with Gasteiger partial charge in [0.2, 0.25) is 5.78 Å². The molecule has 0 N–H and O–H groups in total. The fraction of sp³-hybridized carbons (Fsp3) is 0.565. The van der Waals surface area contributed by atoms with Gasteiger partial charge in [0.05, 0.1) is 12.0 Å². The van der Waals surface area contributed by atoms with Crippen LogP contribution >= 0.6 is 0 Å². The third kappa shape index (κ3) is 2.39. The first-order valence-electron chi connectivity index (χ1n) is 10.5. The zero-order valence-corrected chi connectivity index (χ0v) is 17.9. The van der Waals surface area contributed by atoms with E-state index in [-0.39, 0.29) is 41.8 Å². The van der Waals surface area contributed by atoms with Crippen LogP contribution in [-0.2, 0) is 29.2 Å². The lowest BCUT2D eigenvalue weighted by atomic mass is 9.54. The summed E-state index contributed by atoms with van der Waals surface area (Å²) in [5, 5.41) is 0. The van der Waals surface area contributed by atoms with Gasteiger partial charge in [-0.25, -0.2) is 4.79 Å². The Kier molecular flexibility index (Phi) is 4.16. The molecule has 1 aromatic rings. The average molecular weight is 428 g/mol. The van der Waals surface area contributed by atoms with Crippen molar-refractivity contribution in [2.45, 2.75) is 57.7 Å². The molecular weight excluding hydrogens is 404 g/mol. The summed E-state index contributed by atoms with van der Waals surface area (Å²) in [6.45, 7) is 5.11. The number of Topliss-reactive ketones (excluding diaryl/α,β-unsaturated/α-hetero) is 2. The number of hydrogen-bond donors (Lipinski definition) is 0. The fourth-order valence-electron chi connectivity index (χ4n) is 6.28. The van der Waals surface area contributed by atoms with Crippen molar-refractivity contribution in [3.63, 3.8) is 0 Å². The summed E-state index contributed by atoms with van der Waals surface area (Å²) < 4.78 is 22.4. The number of carbonyl (C=O) groups is 4. The molecule has 0 saturated heterocycles. The van der Waals surface area contributed by atoms with Crippen LogP contribution in [0, 0.1) is 11.3 Å². The first-order valence-corrected chi connectivity index (χ1v) is 10.5. The van der Waals surface area contributed by atoms with Crippen molar-refractivity contribution in [1.82, 2.24) is 0 Å². The van der Waals surface area contributed by atoms with E-state index in [9.17, 15) is 19.2 Å². The number of rotatable bonds is 3. The molecule has 0 aromatic carbocycles. The molecule has 0 bridgehead atoms. The highest BCUT2D eigenvalue weighted by molar-refractivity contribution is 6.14. The van der Waals surface area contributed by atoms with Crippen molar-refractivity contribution in [3.8, 4) is 0 Å². The van der Waals surface area contributed by atoms with Crippen molar-refractivity contribution in [1.29, 1.82) is 0 Å². The highest BCUT2D eigenvalue weighted by atomic mass is 16.6. The molecule has 0 amide bonds. The van der Waals surface area contributed by atoms with Crippen LogP contribution in [0.1, 0.15) is 66.5 Å². The number of furan rings is 1. The van der Waals surface area contributed by atoms with Crippen LogP contribution in [0.2, 0.25) is 0 Å². The number of hydrogen-bond acceptors (Lipinski definition) is 8. The van der Waals surface area contributed by atoms with Gasteiger partial charge < -0.3 is 18.6 Å². The number of fused-ring (bicyclic) bond motifs is 3. The van der Waals surface area contributed by atoms with Gasteiger partial charge in [0.25, 0.3) is 0 Å². The molecule has 8 heteroatoms. The summed E-state index contributed by atoms with van der Waals surface area (Å²) in [6.07, 6.45) is 0.906. The average Bonchev–Trinajstić information content (AvgIpc) is 3.27. The first-order chi connectivity index (χ1) is 14.6. The predicted octanol–water partition coefficient (Wildman–Crippen LogP) is 2.54. The second-order valence-electron chi connectivity index (χ2n) is 9.30. The molecule has 164 valence electrons. The summed E-state index contributed by atoms with van der Waals surface area (Å²) in [5.74, 6) is -1.58. The van der Waals surface area contributed by atoms with Gasteiger partial charge in [0, 0.05) is 49.3 Å². The first kappa shape index (κ1) is 20.2. The van der Waals surface area contributed by atoms with Gasteiger partial charge >= 0.3 is 11.9 Å². The number of ketones is 2. The van der Waals surface area contributed by atoms with Crippen molar-refractivity contribution < 1.29 is 37.8 Å². The number of esters is 2. The van der Waals surface area contributed by atoms with Gasteiger partial charge in [-0.3, -0.25) is 14.4 Å². The maximum Gasteiger partial charge on any atom is 0.342 e. The Labute approximate surface area is 178 Å². The maximum atomic E-state index is 13.7. The number of carbonyl (C=O) groups excluding carboxylic acids is 4. The highest BCUT2D eigenvalue weighted by Gasteiger charge is 2.64. The van der Waals surface area contributed by atoms with E-state index in [0.717, 1.165) is 0 Å². The van der Waals surface area contributed by atoms with Gasteiger partial charge in [-0.2, -0.15) is 0 Å². The fourth-order valence-corrected chi connectivity index (χ4v) is 6.28. The van der Waals surface area contributed by atoms with Gasteiger partial charge in [-0.1, -0.05) is 6.92 Å². The SMILES string of the molecule is COC[C@H]1OC(=O)c2coc3c2[C@]1(C)C1=C(C3=O)[C@@H]2CCC(=O)[C@]2(C)C[C@H]1OC(C)=O. The second-order valence-corrected chi connectivity index (χ2v) is 9.30. The van der Waals surface area contributed by atoms with E-state index in [2.05, 4.69) is 0 Å². The number of cyclic esters (lactones) is 1. The largest absolute Gasteiger partial charge is 0.460 e. The zero-order chi connectivity index (χ0) is 22.3. The Bertz CT molecular complexity index is 1080. The minimum Gasteiger partial charge on any atom is -0.460 e. The van der Waals surface area contributed by atoms with E-state index in [0.29, 0.717) is 29.6 Å². The Morgan fingerprint density at radius 1 is 1.26 bits per heavy atom. The van der Waals surface area contributed by atoms with Crippen molar-refractivity contribution in [2.24, 2.45) is 11.3 Å². The van der Waals surface area contributed by atoms with Crippen LogP contribution < -0.4 is 0 Å². The van der Waals surface area contributed by atoms with E-state index in [1.165, 1.54) is 20.3 Å². The molecule has 8 nitrogen and oxygen atoms in total. The summed E-state index contributed by atoms with van der Waals surface area (Å²) >= 11 is 0. The van der Waals surface area contributed by atoms with E-state index >= 15 is 0 Å². The van der Waals surface area contributed by atoms with Crippen LogP contribution in [0.15, 0.2) is 21.8 Å². The second kappa shape index (κ2) is 6.38. The summed E-state index contributed by atoms with van der Waals surface area (Å²) in [4.78, 5) is 51.2. The monoisotopic (exact) mass is 428 g/mol. The Morgan fingerprint density at radius 2 is 2.00 bits per heavy atom. The van der Waals surface area contributed by atoms with Gasteiger partial charge in [-0.05, 0) is 18.9 Å². The molecule has 0 radical (unpaired) electrons. The van der Waals surface area contributed by atoms with Crippen molar-refractivity contribution in [2.75, 3.05) is 13.7 Å². The molecule has 0 spiro atoms. The standard InChI is InChI=1S/C23H24O8/c1-10(24)30-13-7-22(2)12(5-6-14(22)25)16-18(13)23(3)15(9-28-4)31-21(27)11-8-29-20(17(11)23)19(16)26/h8,12-13,15H,5-7,9H2,1-4H3/t12-,13+,15+,22+,23+/m0/s1. The highest BCUT2D eigenvalue weighted by Crippen LogP contribution is 2.61. The molecule has 5 rings (SSSR count). The number of allylic oxidation sites excluding steroid dienone is 1. The third-order valence-corrected chi connectivity index (χ3v) is 7.70. The summed E-state index contributed by atoms with van der Waals surface area (Å²) in [6, 6.07) is 0. The number of ether oxygens (including phenoxy) is 3. The lowest BCUT2D eigenvalue weighted by molar-refractivity contribution is -0.149. The summed E-state index contributed by atoms with van der Waals surface area (Å²) in [5.41, 5.74) is -0.0741. The normalized spacial score (nSPS) is 36.0. The van der Waals surface area contributed by atoms with Crippen LogP contribution in [0.3, 0.4) is 0 Å². The van der Waals surface area contributed by atoms with E-state index in [4.69, 9.17) is 18.6 Å². The van der Waals surface area contributed by atoms with Crippen LogP contribution in [0.5, 0.6) is 0 Å². The minimum atomic E-state index is -0.988.